The van der Waals surface area contributed by atoms with Gasteiger partial charge in [-0.15, -0.1) is 0 Å². The number of rotatable bonds is 5. The topological polar surface area (TPSA) is 42.4 Å². The van der Waals surface area contributed by atoms with E-state index in [4.69, 9.17) is 9.84 Å². The molecule has 0 aliphatic heterocycles. The first-order valence-corrected chi connectivity index (χ1v) is 5.99. The summed E-state index contributed by atoms with van der Waals surface area (Å²) in [6.07, 6.45) is 1.75. The fraction of sp³-hybridized carbons (Fsp3) is 0.267. The number of hydrogen-bond acceptors (Lipinski definition) is 3. The highest BCUT2D eigenvalue weighted by molar-refractivity contribution is 5.31. The van der Waals surface area contributed by atoms with Gasteiger partial charge >= 0.3 is 0 Å². The lowest BCUT2D eigenvalue weighted by Crippen LogP contribution is -2.29. The highest BCUT2D eigenvalue weighted by Crippen LogP contribution is 2.31. The van der Waals surface area contributed by atoms with Crippen molar-refractivity contribution in [3.05, 3.63) is 66.0 Å². The summed E-state index contributed by atoms with van der Waals surface area (Å²) in [4.78, 5) is 4.37. The third kappa shape index (κ3) is 2.58. The Kier molecular flexibility index (Phi) is 4.07. The quantitative estimate of drug-likeness (QED) is 0.876. The van der Waals surface area contributed by atoms with Crippen LogP contribution >= 0.6 is 0 Å². The van der Waals surface area contributed by atoms with E-state index in [2.05, 4.69) is 4.98 Å². The van der Waals surface area contributed by atoms with Gasteiger partial charge in [0.05, 0.1) is 18.9 Å². The molecule has 3 nitrogen and oxygen atoms in total. The van der Waals surface area contributed by atoms with E-state index in [1.54, 1.807) is 6.20 Å². The molecule has 0 aliphatic carbocycles. The van der Waals surface area contributed by atoms with E-state index >= 15 is 0 Å². The molecule has 1 aromatic heterocycles. The fourth-order valence-electron chi connectivity index (χ4n) is 1.96. The molecule has 1 unspecified atom stereocenters. The smallest absolute Gasteiger partial charge is 0.132 e. The van der Waals surface area contributed by atoms with E-state index in [0.29, 0.717) is 0 Å². The van der Waals surface area contributed by atoms with Gasteiger partial charge in [0, 0.05) is 6.20 Å². The first kappa shape index (κ1) is 12.7. The minimum atomic E-state index is -0.634. The highest BCUT2D eigenvalue weighted by atomic mass is 16.5. The highest BCUT2D eigenvalue weighted by Gasteiger charge is 2.30. The molecule has 0 bridgehead atoms. The van der Waals surface area contributed by atoms with Crippen LogP contribution in [-0.4, -0.2) is 23.3 Å². The van der Waals surface area contributed by atoms with Crippen molar-refractivity contribution >= 4 is 0 Å². The Morgan fingerprint density at radius 1 is 1.11 bits per heavy atom. The Morgan fingerprint density at radius 3 is 2.44 bits per heavy atom. The lowest BCUT2D eigenvalue weighted by atomic mass is 9.91. The largest absolute Gasteiger partial charge is 0.394 e. The van der Waals surface area contributed by atoms with Gasteiger partial charge in [-0.3, -0.25) is 4.98 Å². The van der Waals surface area contributed by atoms with Crippen molar-refractivity contribution in [1.29, 1.82) is 0 Å². The SMILES string of the molecule is CC(OCCO)(c1ccccc1)c1ccccn1. The zero-order valence-corrected chi connectivity index (χ0v) is 10.4. The van der Waals surface area contributed by atoms with Crippen LogP contribution in [-0.2, 0) is 10.3 Å². The van der Waals surface area contributed by atoms with Crippen molar-refractivity contribution in [2.45, 2.75) is 12.5 Å². The number of hydrogen-bond donors (Lipinski definition) is 1. The van der Waals surface area contributed by atoms with Crippen molar-refractivity contribution in [2.75, 3.05) is 13.2 Å². The first-order chi connectivity index (χ1) is 8.77. The van der Waals surface area contributed by atoms with Crippen molar-refractivity contribution in [3.8, 4) is 0 Å². The van der Waals surface area contributed by atoms with Gasteiger partial charge in [-0.2, -0.15) is 0 Å². The standard InChI is InChI=1S/C15H17NO2/c1-15(18-12-11-17,13-7-3-2-4-8-13)14-9-5-6-10-16-14/h2-10,17H,11-12H2,1H3. The van der Waals surface area contributed by atoms with E-state index in [9.17, 15) is 0 Å². The number of aromatic nitrogens is 1. The first-order valence-electron chi connectivity index (χ1n) is 5.99. The molecular weight excluding hydrogens is 226 g/mol. The average Bonchev–Trinajstić information content (AvgIpc) is 2.46. The minimum Gasteiger partial charge on any atom is -0.394 e. The molecule has 0 spiro atoms. The maximum atomic E-state index is 8.98. The number of aliphatic hydroxyl groups excluding tert-OH is 1. The molecule has 0 amide bonds. The van der Waals surface area contributed by atoms with Crippen LogP contribution in [0.3, 0.4) is 0 Å². The van der Waals surface area contributed by atoms with E-state index in [-0.39, 0.29) is 13.2 Å². The molecule has 1 heterocycles. The lowest BCUT2D eigenvalue weighted by molar-refractivity contribution is -0.0240. The van der Waals surface area contributed by atoms with Crippen LogP contribution in [0.5, 0.6) is 0 Å². The van der Waals surface area contributed by atoms with Crippen molar-refractivity contribution in [1.82, 2.24) is 4.98 Å². The summed E-state index contributed by atoms with van der Waals surface area (Å²) in [5.74, 6) is 0. The molecule has 0 aliphatic rings. The molecule has 94 valence electrons. The van der Waals surface area contributed by atoms with Crippen molar-refractivity contribution in [2.24, 2.45) is 0 Å². The Labute approximate surface area is 107 Å². The lowest BCUT2D eigenvalue weighted by Gasteiger charge is -2.29. The summed E-state index contributed by atoms with van der Waals surface area (Å²) in [7, 11) is 0. The summed E-state index contributed by atoms with van der Waals surface area (Å²) in [6.45, 7) is 2.25. The van der Waals surface area contributed by atoms with Gasteiger partial charge in [-0.05, 0) is 24.6 Å². The second-order valence-electron chi connectivity index (χ2n) is 4.19. The Hall–Kier alpha value is -1.71. The molecule has 2 rings (SSSR count). The third-order valence-electron chi connectivity index (χ3n) is 2.96. The number of pyridine rings is 1. The van der Waals surface area contributed by atoms with Crippen LogP contribution in [0.1, 0.15) is 18.2 Å². The number of benzene rings is 1. The molecule has 0 saturated carbocycles. The number of nitrogens with zero attached hydrogens (tertiary/aromatic N) is 1. The maximum absolute atomic E-state index is 8.98. The van der Waals surface area contributed by atoms with Crippen LogP contribution in [0.2, 0.25) is 0 Å². The van der Waals surface area contributed by atoms with Crippen molar-refractivity contribution < 1.29 is 9.84 Å². The Morgan fingerprint density at radius 2 is 1.83 bits per heavy atom. The van der Waals surface area contributed by atoms with Gasteiger partial charge in [0.15, 0.2) is 0 Å². The maximum Gasteiger partial charge on any atom is 0.132 e. The summed E-state index contributed by atoms with van der Waals surface area (Å²) < 4.78 is 5.84. The zero-order valence-electron chi connectivity index (χ0n) is 10.4. The predicted octanol–water partition coefficient (Wildman–Crippen LogP) is 2.35. The molecule has 18 heavy (non-hydrogen) atoms. The molecule has 0 fully saturated rings. The Bertz CT molecular complexity index is 431. The molecule has 0 saturated heterocycles. The van der Waals surface area contributed by atoms with Gasteiger partial charge in [0.2, 0.25) is 0 Å². The van der Waals surface area contributed by atoms with Crippen LogP contribution < -0.4 is 0 Å². The normalized spacial score (nSPS) is 14.1. The second kappa shape index (κ2) is 5.76. The van der Waals surface area contributed by atoms with E-state index in [1.165, 1.54) is 0 Å². The Balaban J connectivity index is 2.41. The average molecular weight is 243 g/mol. The molecule has 2 aromatic rings. The molecule has 1 N–H and O–H groups in total. The fourth-order valence-corrected chi connectivity index (χ4v) is 1.96. The second-order valence-corrected chi connectivity index (χ2v) is 4.19. The van der Waals surface area contributed by atoms with Crippen LogP contribution in [0.15, 0.2) is 54.7 Å². The monoisotopic (exact) mass is 243 g/mol. The minimum absolute atomic E-state index is 0.00471. The zero-order chi connectivity index (χ0) is 12.8. The van der Waals surface area contributed by atoms with E-state index in [1.807, 2.05) is 55.5 Å². The van der Waals surface area contributed by atoms with Gasteiger partial charge in [-0.1, -0.05) is 36.4 Å². The number of aliphatic hydroxyl groups is 1. The summed E-state index contributed by atoms with van der Waals surface area (Å²) in [5, 5.41) is 8.98. The summed E-state index contributed by atoms with van der Waals surface area (Å²) in [6, 6.07) is 15.7. The number of ether oxygens (including phenoxy) is 1. The van der Waals surface area contributed by atoms with Gasteiger partial charge in [-0.25, -0.2) is 0 Å². The molecule has 1 aromatic carbocycles. The van der Waals surface area contributed by atoms with E-state index < -0.39 is 5.60 Å². The van der Waals surface area contributed by atoms with Gasteiger partial charge in [0.25, 0.3) is 0 Å². The molecule has 0 radical (unpaired) electrons. The van der Waals surface area contributed by atoms with E-state index in [0.717, 1.165) is 11.3 Å². The van der Waals surface area contributed by atoms with Crippen LogP contribution in [0, 0.1) is 0 Å². The van der Waals surface area contributed by atoms with Crippen LogP contribution in [0.25, 0.3) is 0 Å². The third-order valence-corrected chi connectivity index (χ3v) is 2.96. The summed E-state index contributed by atoms with van der Waals surface area (Å²) >= 11 is 0. The van der Waals surface area contributed by atoms with Crippen molar-refractivity contribution in [3.63, 3.8) is 0 Å². The molecule has 1 atom stereocenters. The van der Waals surface area contributed by atoms with Crippen LogP contribution in [0.4, 0.5) is 0 Å². The molecular formula is C15H17NO2. The molecule has 3 heteroatoms. The predicted molar refractivity (Wildman–Crippen MR) is 70.2 cm³/mol. The van der Waals surface area contributed by atoms with Gasteiger partial charge < -0.3 is 9.84 Å². The summed E-state index contributed by atoms with van der Waals surface area (Å²) in [5.41, 5.74) is 1.23. The van der Waals surface area contributed by atoms with Gasteiger partial charge in [0.1, 0.15) is 5.60 Å².